The molecule has 4 heteroatoms. The van der Waals surface area contributed by atoms with Gasteiger partial charge in [-0.05, 0) is 41.2 Å². The van der Waals surface area contributed by atoms with Gasteiger partial charge in [-0.2, -0.15) is 0 Å². The summed E-state index contributed by atoms with van der Waals surface area (Å²) in [6.45, 7) is 0.618. The Labute approximate surface area is 121 Å². The Balaban J connectivity index is 2.68. The first-order chi connectivity index (χ1) is 9.00. The highest BCUT2D eigenvalue weighted by atomic mass is 79.9. The first-order valence-corrected chi connectivity index (χ1v) is 6.73. The van der Waals surface area contributed by atoms with E-state index in [2.05, 4.69) is 15.9 Å². The molecule has 0 fully saturated rings. The van der Waals surface area contributed by atoms with Crippen LogP contribution in [-0.4, -0.2) is 29.2 Å². The Hall–Kier alpha value is -1.52. The van der Waals surface area contributed by atoms with Crippen LogP contribution in [0.4, 0.5) is 0 Å². The molecular formula is C15H16BrNO2. The van der Waals surface area contributed by atoms with Crippen molar-refractivity contribution in [2.24, 2.45) is 0 Å². The molecule has 0 saturated carbocycles. The fourth-order valence-corrected chi connectivity index (χ4v) is 2.51. The molecule has 0 aromatic heterocycles. The standard InChI is InChI=1S/C15H16BrNO2/c1-17(2)9-11-14(10-6-4-3-5-7-10)12(18)8-13(19)15(11)16/h3-8,18-19H,9H2,1-2H3. The molecule has 0 aliphatic carbocycles. The molecule has 100 valence electrons. The van der Waals surface area contributed by atoms with Gasteiger partial charge in [0.15, 0.2) is 0 Å². The maximum Gasteiger partial charge on any atom is 0.133 e. The largest absolute Gasteiger partial charge is 0.507 e. The van der Waals surface area contributed by atoms with Crippen LogP contribution < -0.4 is 0 Å². The normalized spacial score (nSPS) is 10.9. The minimum atomic E-state index is 0.0500. The summed E-state index contributed by atoms with van der Waals surface area (Å²) in [6.07, 6.45) is 0. The molecule has 0 aliphatic rings. The van der Waals surface area contributed by atoms with Gasteiger partial charge in [-0.15, -0.1) is 0 Å². The van der Waals surface area contributed by atoms with E-state index in [1.54, 1.807) is 0 Å². The van der Waals surface area contributed by atoms with Crippen molar-refractivity contribution in [1.29, 1.82) is 0 Å². The van der Waals surface area contributed by atoms with Crippen molar-refractivity contribution in [3.8, 4) is 22.6 Å². The van der Waals surface area contributed by atoms with E-state index in [-0.39, 0.29) is 11.5 Å². The van der Waals surface area contributed by atoms with Crippen molar-refractivity contribution >= 4 is 15.9 Å². The van der Waals surface area contributed by atoms with E-state index in [9.17, 15) is 10.2 Å². The molecule has 0 unspecified atom stereocenters. The third-order valence-electron chi connectivity index (χ3n) is 2.86. The summed E-state index contributed by atoms with van der Waals surface area (Å²) in [5.74, 6) is 0.137. The first-order valence-electron chi connectivity index (χ1n) is 5.94. The van der Waals surface area contributed by atoms with E-state index < -0.39 is 0 Å². The predicted octanol–water partition coefficient (Wildman–Crippen LogP) is 3.59. The molecule has 2 rings (SSSR count). The number of halogens is 1. The molecule has 0 heterocycles. The Morgan fingerprint density at radius 1 is 1.05 bits per heavy atom. The van der Waals surface area contributed by atoms with E-state index in [1.165, 1.54) is 6.07 Å². The molecule has 19 heavy (non-hydrogen) atoms. The van der Waals surface area contributed by atoms with E-state index >= 15 is 0 Å². The van der Waals surface area contributed by atoms with Crippen LogP contribution in [0.15, 0.2) is 40.9 Å². The second kappa shape index (κ2) is 5.63. The van der Waals surface area contributed by atoms with E-state index in [0.29, 0.717) is 11.0 Å². The Morgan fingerprint density at radius 2 is 1.68 bits per heavy atom. The van der Waals surface area contributed by atoms with Gasteiger partial charge in [-0.3, -0.25) is 0 Å². The van der Waals surface area contributed by atoms with Gasteiger partial charge in [0.2, 0.25) is 0 Å². The third kappa shape index (κ3) is 2.91. The average molecular weight is 322 g/mol. The zero-order valence-corrected chi connectivity index (χ0v) is 12.5. The summed E-state index contributed by atoms with van der Waals surface area (Å²) < 4.78 is 0.623. The molecule has 0 atom stereocenters. The van der Waals surface area contributed by atoms with Crippen LogP contribution in [0.25, 0.3) is 11.1 Å². The number of nitrogens with zero attached hydrogens (tertiary/aromatic N) is 1. The van der Waals surface area contributed by atoms with Gasteiger partial charge in [0, 0.05) is 18.2 Å². The average Bonchev–Trinajstić information content (AvgIpc) is 2.36. The van der Waals surface area contributed by atoms with Gasteiger partial charge < -0.3 is 15.1 Å². The van der Waals surface area contributed by atoms with Gasteiger partial charge >= 0.3 is 0 Å². The van der Waals surface area contributed by atoms with Gasteiger partial charge in [-0.1, -0.05) is 30.3 Å². The molecular weight excluding hydrogens is 306 g/mol. The molecule has 2 aromatic rings. The highest BCUT2D eigenvalue weighted by Gasteiger charge is 2.17. The van der Waals surface area contributed by atoms with Crippen LogP contribution in [0.3, 0.4) is 0 Å². The lowest BCUT2D eigenvalue weighted by Gasteiger charge is -2.18. The quantitative estimate of drug-likeness (QED) is 0.908. The van der Waals surface area contributed by atoms with Gasteiger partial charge in [0.05, 0.1) is 4.47 Å². The molecule has 3 nitrogen and oxygen atoms in total. The van der Waals surface area contributed by atoms with Crippen LogP contribution >= 0.6 is 15.9 Å². The number of phenolic OH excluding ortho intramolecular Hbond substituents is 2. The minimum absolute atomic E-state index is 0.0500. The summed E-state index contributed by atoms with van der Waals surface area (Å²) in [5.41, 5.74) is 2.55. The Bertz CT molecular complexity index is 582. The van der Waals surface area contributed by atoms with Crippen molar-refractivity contribution in [2.45, 2.75) is 6.54 Å². The summed E-state index contributed by atoms with van der Waals surface area (Å²) in [6, 6.07) is 11.0. The Morgan fingerprint density at radius 3 is 2.26 bits per heavy atom. The maximum atomic E-state index is 10.2. The van der Waals surface area contributed by atoms with Crippen LogP contribution in [0.2, 0.25) is 0 Å². The summed E-state index contributed by atoms with van der Waals surface area (Å²) >= 11 is 3.40. The number of hydrogen-bond acceptors (Lipinski definition) is 3. The first kappa shape index (κ1) is 13.9. The van der Waals surface area contributed by atoms with Gasteiger partial charge in [0.1, 0.15) is 11.5 Å². The molecule has 2 N–H and O–H groups in total. The molecule has 0 spiro atoms. The van der Waals surface area contributed by atoms with Gasteiger partial charge in [0.25, 0.3) is 0 Å². The fourth-order valence-electron chi connectivity index (χ4n) is 2.08. The van der Waals surface area contributed by atoms with Crippen LogP contribution in [0.1, 0.15) is 5.56 Å². The van der Waals surface area contributed by atoms with Crippen molar-refractivity contribution < 1.29 is 10.2 Å². The second-order valence-corrected chi connectivity index (χ2v) is 5.48. The molecule has 2 aromatic carbocycles. The zero-order valence-electron chi connectivity index (χ0n) is 10.9. The number of aromatic hydroxyl groups is 2. The summed E-state index contributed by atoms with van der Waals surface area (Å²) in [7, 11) is 3.89. The number of hydrogen-bond donors (Lipinski definition) is 2. The molecule has 0 aliphatic heterocycles. The lowest BCUT2D eigenvalue weighted by Crippen LogP contribution is -2.12. The lowest BCUT2D eigenvalue weighted by atomic mass is 9.98. The second-order valence-electron chi connectivity index (χ2n) is 4.69. The smallest absolute Gasteiger partial charge is 0.133 e. The Kier molecular flexibility index (Phi) is 4.12. The zero-order chi connectivity index (χ0) is 14.0. The summed E-state index contributed by atoms with van der Waals surface area (Å²) in [5, 5.41) is 20.0. The predicted molar refractivity (Wildman–Crippen MR) is 80.3 cm³/mol. The van der Waals surface area contributed by atoms with Crippen molar-refractivity contribution in [3.05, 3.63) is 46.4 Å². The highest BCUT2D eigenvalue weighted by Crippen LogP contribution is 2.42. The minimum Gasteiger partial charge on any atom is -0.507 e. The van der Waals surface area contributed by atoms with Crippen molar-refractivity contribution in [3.63, 3.8) is 0 Å². The van der Waals surface area contributed by atoms with E-state index in [4.69, 9.17) is 0 Å². The number of benzene rings is 2. The van der Waals surface area contributed by atoms with Crippen LogP contribution in [-0.2, 0) is 6.54 Å². The third-order valence-corrected chi connectivity index (χ3v) is 3.74. The highest BCUT2D eigenvalue weighted by molar-refractivity contribution is 9.10. The maximum absolute atomic E-state index is 10.2. The van der Waals surface area contributed by atoms with Gasteiger partial charge in [-0.25, -0.2) is 0 Å². The van der Waals surface area contributed by atoms with Crippen molar-refractivity contribution in [2.75, 3.05) is 14.1 Å². The van der Waals surface area contributed by atoms with Crippen molar-refractivity contribution in [1.82, 2.24) is 4.90 Å². The molecule has 0 amide bonds. The topological polar surface area (TPSA) is 43.7 Å². The SMILES string of the molecule is CN(C)Cc1c(Br)c(O)cc(O)c1-c1ccccc1. The monoisotopic (exact) mass is 321 g/mol. The molecule has 0 bridgehead atoms. The fraction of sp³-hybridized carbons (Fsp3) is 0.200. The van der Waals surface area contributed by atoms with E-state index in [1.807, 2.05) is 49.3 Å². The summed E-state index contributed by atoms with van der Waals surface area (Å²) in [4.78, 5) is 1.99. The van der Waals surface area contributed by atoms with E-state index in [0.717, 1.165) is 16.7 Å². The molecule has 0 saturated heterocycles. The number of rotatable bonds is 3. The molecule has 0 radical (unpaired) electrons. The number of phenols is 2. The lowest BCUT2D eigenvalue weighted by molar-refractivity contribution is 0.396. The van der Waals surface area contributed by atoms with Crippen LogP contribution in [0.5, 0.6) is 11.5 Å². The van der Waals surface area contributed by atoms with Crippen LogP contribution in [0, 0.1) is 0 Å².